The van der Waals surface area contributed by atoms with Crippen LogP contribution < -0.4 is 10.1 Å². The maximum Gasteiger partial charge on any atom is 0.160 e. The Morgan fingerprint density at radius 3 is 2.56 bits per heavy atom. The molecule has 2 saturated carbocycles. The lowest BCUT2D eigenvalue weighted by Crippen LogP contribution is -2.18. The molecule has 2 fully saturated rings. The molecule has 0 aliphatic heterocycles. The van der Waals surface area contributed by atoms with Gasteiger partial charge < -0.3 is 10.1 Å². The predicted molar refractivity (Wildman–Crippen MR) is 73.0 cm³/mol. The summed E-state index contributed by atoms with van der Waals surface area (Å²) in [5, 5.41) is 3.58. The van der Waals surface area contributed by atoms with Gasteiger partial charge in [0.1, 0.15) is 0 Å². The molecule has 98 valence electrons. The molecule has 0 bridgehead atoms. The number of hydrogen-bond donors (Lipinski definition) is 1. The summed E-state index contributed by atoms with van der Waals surface area (Å²) in [6, 6.07) is 2.08. The highest BCUT2D eigenvalue weighted by Crippen LogP contribution is 2.49. The second-order valence-electron chi connectivity index (χ2n) is 5.75. The molecule has 1 heterocycles. The van der Waals surface area contributed by atoms with Gasteiger partial charge in [0.15, 0.2) is 5.75 Å². The number of rotatable bonds is 6. The monoisotopic (exact) mass is 246 g/mol. The lowest BCUT2D eigenvalue weighted by Gasteiger charge is -2.18. The van der Waals surface area contributed by atoms with Crippen molar-refractivity contribution in [1.82, 2.24) is 4.98 Å². The standard InChI is InChI=1S/C15H22N2O/c1-10-7-14(15(18-2)9-16-10)17-8-13(11-3-4-11)12-5-6-12/h7,9,11-13H,3-6,8H2,1-2H3,(H,16,17). The Labute approximate surface area is 109 Å². The van der Waals surface area contributed by atoms with Crippen LogP contribution in [0.15, 0.2) is 12.3 Å². The number of pyridine rings is 1. The van der Waals surface area contributed by atoms with Crippen LogP contribution in [0.25, 0.3) is 0 Å². The lowest BCUT2D eigenvalue weighted by molar-refractivity contribution is 0.409. The fraction of sp³-hybridized carbons (Fsp3) is 0.667. The zero-order chi connectivity index (χ0) is 12.5. The van der Waals surface area contributed by atoms with Crippen LogP contribution in [0.1, 0.15) is 31.4 Å². The number of nitrogens with zero attached hydrogens (tertiary/aromatic N) is 1. The number of hydrogen-bond acceptors (Lipinski definition) is 3. The number of methoxy groups -OCH3 is 1. The Hall–Kier alpha value is -1.25. The van der Waals surface area contributed by atoms with Gasteiger partial charge in [-0.3, -0.25) is 4.98 Å². The summed E-state index contributed by atoms with van der Waals surface area (Å²) in [5.74, 6) is 3.70. The molecule has 1 aromatic heterocycles. The molecule has 3 nitrogen and oxygen atoms in total. The Balaban J connectivity index is 1.65. The summed E-state index contributed by atoms with van der Waals surface area (Å²) in [5.41, 5.74) is 2.13. The van der Waals surface area contributed by atoms with Gasteiger partial charge in [0.05, 0.1) is 19.0 Å². The van der Waals surface area contributed by atoms with Crippen LogP contribution in [0.2, 0.25) is 0 Å². The number of aromatic nitrogens is 1. The van der Waals surface area contributed by atoms with E-state index in [9.17, 15) is 0 Å². The minimum absolute atomic E-state index is 0.853. The number of nitrogens with one attached hydrogen (secondary N) is 1. The molecule has 0 saturated heterocycles. The highest BCUT2D eigenvalue weighted by atomic mass is 16.5. The molecule has 2 aliphatic rings. The van der Waals surface area contributed by atoms with Crippen LogP contribution in [0.5, 0.6) is 5.75 Å². The van der Waals surface area contributed by atoms with Crippen molar-refractivity contribution in [2.75, 3.05) is 19.0 Å². The van der Waals surface area contributed by atoms with Gasteiger partial charge in [-0.05, 0) is 56.4 Å². The molecular weight excluding hydrogens is 224 g/mol. The molecule has 0 amide bonds. The van der Waals surface area contributed by atoms with E-state index in [1.54, 1.807) is 13.3 Å². The minimum Gasteiger partial charge on any atom is -0.493 e. The quantitative estimate of drug-likeness (QED) is 0.836. The van der Waals surface area contributed by atoms with Crippen LogP contribution in [0.4, 0.5) is 5.69 Å². The zero-order valence-corrected chi connectivity index (χ0v) is 11.3. The fourth-order valence-corrected chi connectivity index (χ4v) is 2.84. The Bertz CT molecular complexity index is 413. The summed E-state index contributed by atoms with van der Waals surface area (Å²) in [4.78, 5) is 4.27. The molecule has 3 heteroatoms. The molecule has 0 unspecified atom stereocenters. The fourth-order valence-electron chi connectivity index (χ4n) is 2.84. The first-order chi connectivity index (χ1) is 8.78. The van der Waals surface area contributed by atoms with E-state index in [4.69, 9.17) is 4.74 Å². The molecule has 1 N–H and O–H groups in total. The van der Waals surface area contributed by atoms with Crippen LogP contribution in [0, 0.1) is 24.7 Å². The van der Waals surface area contributed by atoms with E-state index in [2.05, 4.69) is 16.4 Å². The summed E-state index contributed by atoms with van der Waals surface area (Å²) < 4.78 is 5.36. The summed E-state index contributed by atoms with van der Waals surface area (Å²) >= 11 is 0. The highest BCUT2D eigenvalue weighted by molar-refractivity contribution is 5.55. The van der Waals surface area contributed by atoms with Gasteiger partial charge in [-0.2, -0.15) is 0 Å². The first-order valence-electron chi connectivity index (χ1n) is 7.02. The molecule has 0 radical (unpaired) electrons. The lowest BCUT2D eigenvalue weighted by atomic mass is 9.98. The summed E-state index contributed by atoms with van der Waals surface area (Å²) in [6.07, 6.45) is 7.57. The third-order valence-corrected chi connectivity index (χ3v) is 4.21. The van der Waals surface area contributed by atoms with Gasteiger partial charge in [-0.15, -0.1) is 0 Å². The second-order valence-corrected chi connectivity index (χ2v) is 5.75. The highest BCUT2D eigenvalue weighted by Gasteiger charge is 2.41. The van der Waals surface area contributed by atoms with Crippen molar-refractivity contribution in [2.24, 2.45) is 17.8 Å². The maximum absolute atomic E-state index is 5.36. The van der Waals surface area contributed by atoms with Gasteiger partial charge in [-0.25, -0.2) is 0 Å². The molecule has 0 aromatic carbocycles. The second kappa shape index (κ2) is 4.79. The van der Waals surface area contributed by atoms with Crippen molar-refractivity contribution in [1.29, 1.82) is 0 Å². The Morgan fingerprint density at radius 2 is 2.00 bits per heavy atom. The predicted octanol–water partition coefficient (Wildman–Crippen LogP) is 3.25. The summed E-state index contributed by atoms with van der Waals surface area (Å²) in [7, 11) is 1.71. The molecule has 0 atom stereocenters. The van der Waals surface area contributed by atoms with Crippen LogP contribution in [0.3, 0.4) is 0 Å². The molecule has 0 spiro atoms. The Morgan fingerprint density at radius 1 is 1.33 bits per heavy atom. The molecule has 3 rings (SSSR count). The van der Waals surface area contributed by atoms with Gasteiger partial charge in [-0.1, -0.05) is 0 Å². The third kappa shape index (κ3) is 2.60. The maximum atomic E-state index is 5.36. The topological polar surface area (TPSA) is 34.1 Å². The zero-order valence-electron chi connectivity index (χ0n) is 11.3. The van der Waals surface area contributed by atoms with Crippen molar-refractivity contribution in [3.8, 4) is 5.75 Å². The molecule has 18 heavy (non-hydrogen) atoms. The van der Waals surface area contributed by atoms with E-state index in [0.717, 1.165) is 41.4 Å². The first kappa shape index (κ1) is 11.8. The number of ether oxygens (including phenoxy) is 1. The van der Waals surface area contributed by atoms with Crippen molar-refractivity contribution in [3.63, 3.8) is 0 Å². The Kier molecular flexibility index (Phi) is 3.14. The van der Waals surface area contributed by atoms with Crippen molar-refractivity contribution in [3.05, 3.63) is 18.0 Å². The summed E-state index contributed by atoms with van der Waals surface area (Å²) in [6.45, 7) is 3.11. The van der Waals surface area contributed by atoms with E-state index in [1.807, 2.05) is 6.92 Å². The van der Waals surface area contributed by atoms with Crippen molar-refractivity contribution >= 4 is 5.69 Å². The SMILES string of the molecule is COc1cnc(C)cc1NCC(C1CC1)C1CC1. The molecule has 2 aliphatic carbocycles. The smallest absolute Gasteiger partial charge is 0.160 e. The first-order valence-corrected chi connectivity index (χ1v) is 7.02. The van der Waals surface area contributed by atoms with Crippen molar-refractivity contribution < 1.29 is 4.74 Å². The van der Waals surface area contributed by atoms with Crippen LogP contribution in [-0.4, -0.2) is 18.6 Å². The van der Waals surface area contributed by atoms with E-state index in [1.165, 1.54) is 25.7 Å². The van der Waals surface area contributed by atoms with Crippen molar-refractivity contribution in [2.45, 2.75) is 32.6 Å². The van der Waals surface area contributed by atoms with Crippen LogP contribution in [-0.2, 0) is 0 Å². The molecule has 1 aromatic rings. The largest absolute Gasteiger partial charge is 0.493 e. The number of aryl methyl sites for hydroxylation is 1. The molecular formula is C15H22N2O. The normalized spacial score (nSPS) is 19.1. The minimum atomic E-state index is 0.853. The third-order valence-electron chi connectivity index (χ3n) is 4.21. The average Bonchev–Trinajstić information content (AvgIpc) is 3.24. The van der Waals surface area contributed by atoms with E-state index in [0.29, 0.717) is 0 Å². The van der Waals surface area contributed by atoms with Gasteiger partial charge in [0.25, 0.3) is 0 Å². The van der Waals surface area contributed by atoms with E-state index in [-0.39, 0.29) is 0 Å². The average molecular weight is 246 g/mol. The van der Waals surface area contributed by atoms with Crippen LogP contribution >= 0.6 is 0 Å². The number of anilines is 1. The van der Waals surface area contributed by atoms with Gasteiger partial charge in [0, 0.05) is 12.2 Å². The van der Waals surface area contributed by atoms with E-state index < -0.39 is 0 Å². The van der Waals surface area contributed by atoms with Gasteiger partial charge >= 0.3 is 0 Å². The van der Waals surface area contributed by atoms with E-state index >= 15 is 0 Å². The van der Waals surface area contributed by atoms with Gasteiger partial charge in [0.2, 0.25) is 0 Å².